The van der Waals surface area contributed by atoms with Gasteiger partial charge in [0, 0.05) is 18.3 Å². The largest absolute Gasteiger partial charge is 1.00 e. The van der Waals surface area contributed by atoms with E-state index in [-0.39, 0.29) is 37.4 Å². The van der Waals surface area contributed by atoms with Gasteiger partial charge in [0.1, 0.15) is 6.04 Å². The third kappa shape index (κ3) is 6.76. The number of aliphatic carboxylic acids is 2. The minimum absolute atomic E-state index is 0. The first kappa shape index (κ1) is 22.2. The maximum absolute atomic E-state index is 11.6. The molecule has 0 aliphatic carbocycles. The van der Waals surface area contributed by atoms with Crippen molar-refractivity contribution in [3.8, 4) is 0 Å². The van der Waals surface area contributed by atoms with Gasteiger partial charge >= 0.3 is 53.4 Å². The van der Waals surface area contributed by atoms with Gasteiger partial charge in [-0.2, -0.15) is 0 Å². The smallest absolute Gasteiger partial charge is 1.00 e. The van der Waals surface area contributed by atoms with Gasteiger partial charge in [-0.1, -0.05) is 0 Å². The molecular formula is C12H16N3NaO8. The van der Waals surface area contributed by atoms with Crippen molar-refractivity contribution in [2.24, 2.45) is 5.73 Å². The summed E-state index contributed by atoms with van der Waals surface area (Å²) in [4.78, 5) is 50.9. The van der Waals surface area contributed by atoms with Crippen molar-refractivity contribution in [2.75, 3.05) is 0 Å². The number of hydrogen-bond acceptors (Lipinski definition) is 8. The number of nitrogens with zero attached hydrogens (tertiary/aromatic N) is 1. The fraction of sp³-hybridized carbons (Fsp3) is 0.417. The number of carbonyl (C=O) groups excluding carboxylic acids is 2. The van der Waals surface area contributed by atoms with Crippen LogP contribution in [0.15, 0.2) is 12.5 Å². The number of aromatic amines is 1. The first-order chi connectivity index (χ1) is 10.6. The van der Waals surface area contributed by atoms with Gasteiger partial charge < -0.3 is 32.2 Å². The number of carboxylic acid groups (broad SMARTS) is 2. The molecule has 0 saturated heterocycles. The molecule has 11 nitrogen and oxygen atoms in total. The minimum atomic E-state index is -2.88. The van der Waals surface area contributed by atoms with Crippen molar-refractivity contribution < 1.29 is 70.2 Å². The van der Waals surface area contributed by atoms with Crippen molar-refractivity contribution in [2.45, 2.75) is 30.9 Å². The van der Waals surface area contributed by atoms with E-state index >= 15 is 0 Å². The molecule has 1 rings (SSSR count). The van der Waals surface area contributed by atoms with Crippen molar-refractivity contribution >= 4 is 23.9 Å². The maximum Gasteiger partial charge on any atom is 1.00 e. The van der Waals surface area contributed by atoms with Crippen LogP contribution in [0.3, 0.4) is 0 Å². The van der Waals surface area contributed by atoms with Crippen LogP contribution in [0.2, 0.25) is 0 Å². The number of H-pyrrole nitrogens is 1. The summed E-state index contributed by atoms with van der Waals surface area (Å²) >= 11 is 0. The summed E-state index contributed by atoms with van der Waals surface area (Å²) in [7, 11) is 0. The number of hydrogen-bond donors (Lipinski definition) is 5. The SMILES string of the molecule is N[C@@H](Cc1cnc[nH]1)C(=O)OC(=O)CC(O)(CC(=O)O)C(=O)O.[H-].[Na+]. The normalized spacial score (nSPS) is 13.9. The number of carbonyl (C=O) groups is 4. The Morgan fingerprint density at radius 1 is 1.33 bits per heavy atom. The van der Waals surface area contributed by atoms with E-state index in [9.17, 15) is 24.3 Å². The monoisotopic (exact) mass is 353 g/mol. The summed E-state index contributed by atoms with van der Waals surface area (Å²) in [5.41, 5.74) is 3.14. The molecule has 1 aromatic rings. The van der Waals surface area contributed by atoms with Gasteiger partial charge in [0.2, 0.25) is 0 Å². The van der Waals surface area contributed by atoms with Gasteiger partial charge in [-0.05, 0) is 0 Å². The van der Waals surface area contributed by atoms with Crippen molar-refractivity contribution in [1.29, 1.82) is 0 Å². The zero-order valence-corrected chi connectivity index (χ0v) is 14.8. The Kier molecular flexibility index (Phi) is 8.78. The number of carboxylic acids is 2. The van der Waals surface area contributed by atoms with Crippen LogP contribution >= 0.6 is 0 Å². The number of aromatic nitrogens is 2. The molecule has 0 aliphatic rings. The number of aliphatic hydroxyl groups is 1. The van der Waals surface area contributed by atoms with Gasteiger partial charge in [-0.15, -0.1) is 0 Å². The Labute approximate surface area is 159 Å². The van der Waals surface area contributed by atoms with E-state index < -0.39 is 48.4 Å². The fourth-order valence-corrected chi connectivity index (χ4v) is 1.64. The number of nitrogens with two attached hydrogens (primary N) is 1. The topological polar surface area (TPSA) is 193 Å². The average molecular weight is 353 g/mol. The maximum atomic E-state index is 11.6. The van der Waals surface area contributed by atoms with E-state index in [1.807, 2.05) is 0 Å². The molecule has 0 saturated carbocycles. The van der Waals surface area contributed by atoms with Gasteiger partial charge in [-0.3, -0.25) is 9.59 Å². The second-order valence-corrected chi connectivity index (χ2v) is 4.76. The Morgan fingerprint density at radius 2 is 1.96 bits per heavy atom. The summed E-state index contributed by atoms with van der Waals surface area (Å²) in [5, 5.41) is 27.0. The molecule has 2 atom stereocenters. The first-order valence-electron chi connectivity index (χ1n) is 6.29. The predicted octanol–water partition coefficient (Wildman–Crippen LogP) is -4.85. The Hall–Kier alpha value is -1.79. The zero-order chi connectivity index (χ0) is 17.6. The molecule has 24 heavy (non-hydrogen) atoms. The zero-order valence-electron chi connectivity index (χ0n) is 13.8. The summed E-state index contributed by atoms with van der Waals surface area (Å²) in [5.74, 6) is -6.11. The van der Waals surface area contributed by atoms with Crippen molar-refractivity contribution in [1.82, 2.24) is 9.97 Å². The molecule has 0 aromatic carbocycles. The molecule has 0 amide bonds. The molecule has 12 heteroatoms. The molecule has 0 radical (unpaired) electrons. The number of ether oxygens (including phenoxy) is 1. The van der Waals surface area contributed by atoms with Crippen molar-refractivity contribution in [3.63, 3.8) is 0 Å². The molecule has 128 valence electrons. The number of nitrogens with one attached hydrogen (secondary N) is 1. The van der Waals surface area contributed by atoms with Gasteiger partial charge in [-0.25, -0.2) is 14.6 Å². The summed E-state index contributed by atoms with van der Waals surface area (Å²) in [6, 6.07) is -1.23. The molecular weight excluding hydrogens is 337 g/mol. The predicted molar refractivity (Wildman–Crippen MR) is 71.9 cm³/mol. The number of rotatable bonds is 8. The molecule has 0 aliphatic heterocycles. The standard InChI is InChI=1S/C12H15N3O8.Na.H/c13-7(1-6-4-14-5-15-6)10(19)23-9(18)3-12(22,11(20)21)2-8(16)17;;/h4-5,7,22H,1-3,13H2,(H,14,15)(H,16,17)(H,20,21);;/q;+1;-1/t7-,12?;;/m0../s1. The van der Waals surface area contributed by atoms with Gasteiger partial charge in [0.25, 0.3) is 0 Å². The van der Waals surface area contributed by atoms with Crippen LogP contribution in [0.5, 0.6) is 0 Å². The third-order valence-corrected chi connectivity index (χ3v) is 2.79. The van der Waals surface area contributed by atoms with Crippen LogP contribution in [0.1, 0.15) is 20.0 Å². The Balaban J connectivity index is 0. The Morgan fingerprint density at radius 3 is 2.42 bits per heavy atom. The van der Waals surface area contributed by atoms with E-state index in [0.717, 1.165) is 0 Å². The molecule has 1 unspecified atom stereocenters. The third-order valence-electron chi connectivity index (χ3n) is 2.79. The van der Waals surface area contributed by atoms with E-state index in [2.05, 4.69) is 14.7 Å². The summed E-state index contributed by atoms with van der Waals surface area (Å²) in [6.07, 6.45) is 0.315. The number of imidazole rings is 1. The van der Waals surface area contributed by atoms with E-state index in [4.69, 9.17) is 15.9 Å². The van der Waals surface area contributed by atoms with Crippen LogP contribution < -0.4 is 35.3 Å². The number of esters is 2. The molecule has 1 aromatic heterocycles. The van der Waals surface area contributed by atoms with Crippen LogP contribution in [-0.2, 0) is 30.3 Å². The van der Waals surface area contributed by atoms with E-state index in [1.54, 1.807) is 0 Å². The van der Waals surface area contributed by atoms with Crippen LogP contribution in [0, 0.1) is 0 Å². The molecule has 0 spiro atoms. The van der Waals surface area contributed by atoms with Crippen LogP contribution in [-0.4, -0.2) is 60.8 Å². The molecule has 6 N–H and O–H groups in total. The molecule has 0 fully saturated rings. The molecule has 1 heterocycles. The van der Waals surface area contributed by atoms with Crippen molar-refractivity contribution in [3.05, 3.63) is 18.2 Å². The van der Waals surface area contributed by atoms with Crippen LogP contribution in [0.25, 0.3) is 0 Å². The summed E-state index contributed by atoms with van der Waals surface area (Å²) < 4.78 is 4.33. The van der Waals surface area contributed by atoms with E-state index in [1.165, 1.54) is 12.5 Å². The second-order valence-electron chi connectivity index (χ2n) is 4.76. The van der Waals surface area contributed by atoms with E-state index in [0.29, 0.717) is 5.69 Å². The average Bonchev–Trinajstić information content (AvgIpc) is 2.89. The fourth-order valence-electron chi connectivity index (χ4n) is 1.64. The molecule has 0 bridgehead atoms. The van der Waals surface area contributed by atoms with Crippen LogP contribution in [0.4, 0.5) is 0 Å². The quantitative estimate of drug-likeness (QED) is 0.172. The minimum Gasteiger partial charge on any atom is -1.00 e. The summed E-state index contributed by atoms with van der Waals surface area (Å²) in [6.45, 7) is 0. The first-order valence-corrected chi connectivity index (χ1v) is 6.29. The Bertz CT molecular complexity index is 612. The second kappa shape index (κ2) is 9.49. The van der Waals surface area contributed by atoms with Gasteiger partial charge in [0.05, 0.1) is 19.2 Å². The van der Waals surface area contributed by atoms with Gasteiger partial charge in [0.15, 0.2) is 5.60 Å².